The van der Waals surface area contributed by atoms with E-state index in [1.54, 1.807) is 0 Å². The number of imidazole rings is 1. The van der Waals surface area contributed by atoms with Gasteiger partial charge in [-0.3, -0.25) is 0 Å². The van der Waals surface area contributed by atoms with Crippen LogP contribution in [0.4, 0.5) is 5.69 Å². The molecule has 0 spiro atoms. The molecule has 2 aromatic heterocycles. The number of piperidine rings is 1. The van der Waals surface area contributed by atoms with Crippen LogP contribution in [0.3, 0.4) is 0 Å². The molecule has 0 aromatic carbocycles. The van der Waals surface area contributed by atoms with Crippen LogP contribution in [0, 0.1) is 0 Å². The number of sulfonamides is 1. The number of pyridine rings is 1. The molecule has 0 radical (unpaired) electrons. The number of nitrogens with zero attached hydrogens (tertiary/aromatic N) is 4. The van der Waals surface area contributed by atoms with Gasteiger partial charge in [0.15, 0.2) is 5.03 Å². The quantitative estimate of drug-likeness (QED) is 0.441. The van der Waals surface area contributed by atoms with Crippen LogP contribution in [-0.4, -0.2) is 36.0 Å². The van der Waals surface area contributed by atoms with Gasteiger partial charge in [-0.05, 0) is 31.7 Å². The molecule has 6 N–H and O–H groups in total. The van der Waals surface area contributed by atoms with Gasteiger partial charge in [-0.15, -0.1) is 0 Å². The van der Waals surface area contributed by atoms with Crippen molar-refractivity contribution in [1.29, 1.82) is 0 Å². The van der Waals surface area contributed by atoms with Crippen molar-refractivity contribution in [2.75, 3.05) is 18.0 Å². The van der Waals surface area contributed by atoms with Crippen molar-refractivity contribution in [3.8, 4) is 0 Å². The summed E-state index contributed by atoms with van der Waals surface area (Å²) in [5.74, 6) is 1.68. The molecule has 0 atom stereocenters. The molecule has 5 heterocycles. The van der Waals surface area contributed by atoms with Crippen molar-refractivity contribution in [2.45, 2.75) is 55.8 Å². The summed E-state index contributed by atoms with van der Waals surface area (Å²) in [6.45, 7) is 2.70. The molecule has 2 saturated heterocycles. The highest BCUT2D eigenvalue weighted by molar-refractivity contribution is 7.89. The zero-order chi connectivity index (χ0) is 20.7. The number of hydrazine groups is 3. The Hall–Kier alpha value is -2.09. The van der Waals surface area contributed by atoms with Gasteiger partial charge in [-0.2, -0.15) is 11.1 Å². The fourth-order valence-corrected chi connectivity index (χ4v) is 5.53. The maximum Gasteiger partial charge on any atom is 0.255 e. The van der Waals surface area contributed by atoms with E-state index in [1.165, 1.54) is 30.6 Å². The zero-order valence-electron chi connectivity index (χ0n) is 16.6. The van der Waals surface area contributed by atoms with E-state index >= 15 is 0 Å². The van der Waals surface area contributed by atoms with Crippen LogP contribution >= 0.6 is 0 Å². The summed E-state index contributed by atoms with van der Waals surface area (Å²) in [6, 6.07) is 1.85. The van der Waals surface area contributed by atoms with Crippen LogP contribution in [0.1, 0.15) is 54.8 Å². The minimum atomic E-state index is -3.97. The number of hydrogen-bond acceptors (Lipinski definition) is 9. The van der Waals surface area contributed by atoms with Crippen LogP contribution in [0.2, 0.25) is 0 Å². The molecular weight excluding hydrogens is 406 g/mol. The number of fused-ring (bicyclic) bond motifs is 1. The van der Waals surface area contributed by atoms with Gasteiger partial charge in [0.25, 0.3) is 10.0 Å². The first-order chi connectivity index (χ1) is 14.5. The predicted molar refractivity (Wildman–Crippen MR) is 110 cm³/mol. The number of primary sulfonamides is 1. The standard InChI is InChI=1S/C18H27N9O2S/c19-30(28,29)18-16(17-22-24-25-23-17)13(4-7-20-18)26-9-5-12(6-10-26)14-11-21-15-3-1-2-8-27(14)15/h4,7,11-12,17,22-25H,1-3,5-6,8-10H2,(H2,19,28,29). The summed E-state index contributed by atoms with van der Waals surface area (Å²) in [7, 11) is -3.97. The van der Waals surface area contributed by atoms with E-state index in [4.69, 9.17) is 5.14 Å². The van der Waals surface area contributed by atoms with Crippen molar-refractivity contribution < 1.29 is 8.42 Å². The minimum Gasteiger partial charge on any atom is -0.371 e. The summed E-state index contributed by atoms with van der Waals surface area (Å²) in [5.41, 5.74) is 14.1. The van der Waals surface area contributed by atoms with Crippen molar-refractivity contribution >= 4 is 15.7 Å². The predicted octanol–water partition coefficient (Wildman–Crippen LogP) is -0.239. The van der Waals surface area contributed by atoms with E-state index in [-0.39, 0.29) is 5.03 Å². The topological polar surface area (TPSA) is 142 Å². The normalized spacial score (nSPS) is 21.2. The largest absolute Gasteiger partial charge is 0.371 e. The highest BCUT2D eigenvalue weighted by Gasteiger charge is 2.32. The van der Waals surface area contributed by atoms with Crippen LogP contribution in [0.15, 0.2) is 23.5 Å². The van der Waals surface area contributed by atoms with E-state index < -0.39 is 16.2 Å². The molecule has 0 bridgehead atoms. The lowest BCUT2D eigenvalue weighted by Gasteiger charge is -2.36. The molecule has 0 saturated carbocycles. The van der Waals surface area contributed by atoms with Gasteiger partial charge in [0.1, 0.15) is 12.0 Å². The van der Waals surface area contributed by atoms with Crippen LogP contribution in [0.25, 0.3) is 0 Å². The minimum absolute atomic E-state index is 0.123. The summed E-state index contributed by atoms with van der Waals surface area (Å²) in [6.07, 6.45) is 8.56. The van der Waals surface area contributed by atoms with E-state index in [9.17, 15) is 8.42 Å². The molecule has 0 amide bonds. The Balaban J connectivity index is 1.40. The average molecular weight is 434 g/mol. The maximum atomic E-state index is 12.2. The van der Waals surface area contributed by atoms with Crippen LogP contribution < -0.4 is 32.0 Å². The molecule has 2 fully saturated rings. The number of hydrogen-bond donors (Lipinski definition) is 5. The molecule has 12 heteroatoms. The van der Waals surface area contributed by atoms with Gasteiger partial charge < -0.3 is 9.47 Å². The Morgan fingerprint density at radius 1 is 1.07 bits per heavy atom. The smallest absolute Gasteiger partial charge is 0.255 e. The molecule has 0 aliphatic carbocycles. The molecule has 2 aromatic rings. The molecule has 3 aliphatic rings. The Kier molecular flexibility index (Phi) is 5.21. The SMILES string of the molecule is NS(=O)(=O)c1nccc(N2CCC(c3cnc4n3CCCC4)CC2)c1C1NNNN1. The second-order valence-electron chi connectivity index (χ2n) is 8.03. The lowest BCUT2D eigenvalue weighted by atomic mass is 9.92. The summed E-state index contributed by atoms with van der Waals surface area (Å²) >= 11 is 0. The highest BCUT2D eigenvalue weighted by atomic mass is 32.2. The summed E-state index contributed by atoms with van der Waals surface area (Å²) in [4.78, 5) is 10.9. The summed E-state index contributed by atoms with van der Waals surface area (Å²) < 4.78 is 26.8. The lowest BCUT2D eigenvalue weighted by molar-refractivity contribution is 0.445. The maximum absolute atomic E-state index is 12.2. The Labute approximate surface area is 175 Å². The van der Waals surface area contributed by atoms with Crippen LogP contribution in [-0.2, 0) is 23.0 Å². The van der Waals surface area contributed by atoms with Gasteiger partial charge in [0, 0.05) is 61.3 Å². The van der Waals surface area contributed by atoms with E-state index in [1.807, 2.05) is 6.07 Å². The van der Waals surface area contributed by atoms with Crippen molar-refractivity contribution in [2.24, 2.45) is 5.14 Å². The molecule has 11 nitrogen and oxygen atoms in total. The van der Waals surface area contributed by atoms with Gasteiger partial charge in [0.05, 0.1) is 0 Å². The molecule has 30 heavy (non-hydrogen) atoms. The molecular formula is C18H27N9O2S. The third kappa shape index (κ3) is 3.59. The van der Waals surface area contributed by atoms with Gasteiger partial charge >= 0.3 is 0 Å². The third-order valence-electron chi connectivity index (χ3n) is 6.24. The first kappa shape index (κ1) is 19.8. The Morgan fingerprint density at radius 2 is 1.83 bits per heavy atom. The van der Waals surface area contributed by atoms with Crippen molar-refractivity contribution in [3.63, 3.8) is 0 Å². The fraction of sp³-hybridized carbons (Fsp3) is 0.556. The van der Waals surface area contributed by atoms with Gasteiger partial charge in [-0.1, -0.05) is 0 Å². The van der Waals surface area contributed by atoms with E-state index in [0.717, 1.165) is 44.6 Å². The van der Waals surface area contributed by atoms with Crippen molar-refractivity contribution in [1.82, 2.24) is 36.5 Å². The number of nitrogens with two attached hydrogens (primary N) is 1. The number of aromatic nitrogens is 3. The Bertz CT molecular complexity index is 1020. The number of rotatable bonds is 4. The molecule has 5 rings (SSSR count). The second kappa shape index (κ2) is 7.87. The number of nitrogens with one attached hydrogen (secondary N) is 4. The average Bonchev–Trinajstić information content (AvgIpc) is 3.43. The van der Waals surface area contributed by atoms with E-state index in [0.29, 0.717) is 11.5 Å². The van der Waals surface area contributed by atoms with Gasteiger partial charge in [0.2, 0.25) is 0 Å². The highest BCUT2D eigenvalue weighted by Crippen LogP contribution is 2.36. The molecule has 162 valence electrons. The summed E-state index contributed by atoms with van der Waals surface area (Å²) in [5, 5.41) is 5.34. The van der Waals surface area contributed by atoms with E-state index in [2.05, 4.69) is 47.6 Å². The molecule has 3 aliphatic heterocycles. The van der Waals surface area contributed by atoms with Gasteiger partial charge in [-0.25, -0.2) is 34.4 Å². The zero-order valence-corrected chi connectivity index (χ0v) is 17.5. The molecule has 0 unspecified atom stereocenters. The monoisotopic (exact) mass is 433 g/mol. The first-order valence-corrected chi connectivity index (χ1v) is 11.9. The van der Waals surface area contributed by atoms with Crippen LogP contribution in [0.5, 0.6) is 0 Å². The Morgan fingerprint density at radius 3 is 2.57 bits per heavy atom. The van der Waals surface area contributed by atoms with Crippen molar-refractivity contribution in [3.05, 3.63) is 35.5 Å². The fourth-order valence-electron chi connectivity index (χ4n) is 4.80. The number of aryl methyl sites for hydroxylation is 1. The first-order valence-electron chi connectivity index (χ1n) is 10.3. The second-order valence-corrected chi connectivity index (χ2v) is 9.51. The third-order valence-corrected chi connectivity index (χ3v) is 7.10. The lowest BCUT2D eigenvalue weighted by Crippen LogP contribution is -2.37. The number of anilines is 1.